The quantitative estimate of drug-likeness (QED) is 0.244. The number of halogens is 1. The summed E-state index contributed by atoms with van der Waals surface area (Å²) in [5.41, 5.74) is 3.77. The minimum atomic E-state index is -0.915. The molecule has 1 saturated heterocycles. The molecule has 2 aromatic heterocycles. The number of anilines is 1. The Balaban J connectivity index is 2.19. The third-order valence-electron chi connectivity index (χ3n) is 6.38. The molecule has 0 N–H and O–H groups in total. The smallest absolute Gasteiger partial charge is 0.340 e. The molecular formula is C29H42BrN3O4. The van der Waals surface area contributed by atoms with Crippen molar-refractivity contribution in [2.45, 2.75) is 86.0 Å². The molecule has 0 bridgehead atoms. The average Bonchev–Trinajstić information content (AvgIpc) is 2.81. The molecule has 1 fully saturated rings. The van der Waals surface area contributed by atoms with Gasteiger partial charge >= 0.3 is 5.97 Å². The van der Waals surface area contributed by atoms with E-state index in [9.17, 15) is 4.79 Å². The van der Waals surface area contributed by atoms with Crippen molar-refractivity contribution in [3.05, 3.63) is 35.8 Å². The molecule has 0 spiro atoms. The van der Waals surface area contributed by atoms with Crippen molar-refractivity contribution in [1.82, 2.24) is 9.97 Å². The highest BCUT2D eigenvalue weighted by atomic mass is 79.9. The van der Waals surface area contributed by atoms with Gasteiger partial charge in [0.2, 0.25) is 0 Å². The van der Waals surface area contributed by atoms with Crippen LogP contribution in [0.5, 0.6) is 5.75 Å². The fourth-order valence-corrected chi connectivity index (χ4v) is 4.60. The van der Waals surface area contributed by atoms with E-state index in [1.165, 1.54) is 0 Å². The van der Waals surface area contributed by atoms with Crippen LogP contribution in [0.3, 0.4) is 0 Å². The minimum absolute atomic E-state index is 0.261. The molecule has 0 aromatic carbocycles. The van der Waals surface area contributed by atoms with Crippen LogP contribution in [0.1, 0.15) is 78.7 Å². The van der Waals surface area contributed by atoms with Crippen LogP contribution < -0.4 is 9.64 Å². The summed E-state index contributed by atoms with van der Waals surface area (Å²) in [6.45, 7) is 18.4. The van der Waals surface area contributed by atoms with Crippen molar-refractivity contribution >= 4 is 27.6 Å². The number of piperidine rings is 1. The lowest BCUT2D eigenvalue weighted by atomic mass is 9.82. The molecule has 2 aromatic rings. The lowest BCUT2D eigenvalue weighted by Crippen LogP contribution is -2.39. The number of alkyl halides is 1. The van der Waals surface area contributed by atoms with E-state index in [4.69, 9.17) is 24.2 Å². The van der Waals surface area contributed by atoms with Gasteiger partial charge in [0.15, 0.2) is 6.10 Å². The standard InChI is InChI=1S/C29H42BrN3O4/c1-19(2)36-27(34)26(37-28(4,5)6)24-20(3)31-18-22(23-10-9-21(17-32-23)35-16-13-30)25(24)33-14-11-29(7,8)12-15-33/h9-10,17-19,26H,11-16H2,1-8H3/t26-/m0/s1. The molecule has 0 unspecified atom stereocenters. The molecule has 0 saturated carbocycles. The van der Waals surface area contributed by atoms with Gasteiger partial charge in [-0.25, -0.2) is 4.79 Å². The SMILES string of the molecule is Cc1ncc(-c2ccc(OCCBr)cn2)c(N2CCC(C)(C)CC2)c1[C@H](OC(C)(C)C)C(=O)OC(C)C. The van der Waals surface area contributed by atoms with Gasteiger partial charge in [-0.1, -0.05) is 29.8 Å². The largest absolute Gasteiger partial charge is 0.491 e. The Hall–Kier alpha value is -2.19. The van der Waals surface area contributed by atoms with Gasteiger partial charge < -0.3 is 19.1 Å². The zero-order valence-corrected chi connectivity index (χ0v) is 25.1. The number of nitrogens with zero attached hydrogens (tertiary/aromatic N) is 3. The van der Waals surface area contributed by atoms with E-state index in [0.29, 0.717) is 12.4 Å². The first-order valence-corrected chi connectivity index (χ1v) is 14.2. The summed E-state index contributed by atoms with van der Waals surface area (Å²) in [5, 5.41) is 0.747. The van der Waals surface area contributed by atoms with Crippen LogP contribution in [0.25, 0.3) is 11.3 Å². The number of esters is 1. The Kier molecular flexibility index (Phi) is 9.62. The summed E-state index contributed by atoms with van der Waals surface area (Å²) in [6.07, 6.45) is 4.50. The Morgan fingerprint density at radius 2 is 1.81 bits per heavy atom. The third kappa shape index (κ3) is 7.90. The average molecular weight is 577 g/mol. The van der Waals surface area contributed by atoms with Gasteiger partial charge in [0.05, 0.1) is 35.9 Å². The summed E-state index contributed by atoms with van der Waals surface area (Å²) in [4.78, 5) is 25.3. The molecule has 3 rings (SSSR count). The van der Waals surface area contributed by atoms with Crippen molar-refractivity contribution < 1.29 is 19.0 Å². The van der Waals surface area contributed by atoms with Crippen molar-refractivity contribution in [3.8, 4) is 17.0 Å². The number of carbonyl (C=O) groups is 1. The second-order valence-corrected chi connectivity index (χ2v) is 12.5. The Morgan fingerprint density at radius 1 is 1.14 bits per heavy atom. The zero-order chi connectivity index (χ0) is 27.4. The summed E-state index contributed by atoms with van der Waals surface area (Å²) < 4.78 is 17.8. The molecule has 37 heavy (non-hydrogen) atoms. The van der Waals surface area contributed by atoms with E-state index >= 15 is 0 Å². The Labute approximate surface area is 230 Å². The van der Waals surface area contributed by atoms with E-state index in [-0.39, 0.29) is 11.5 Å². The highest BCUT2D eigenvalue weighted by molar-refractivity contribution is 9.09. The number of pyridine rings is 2. The van der Waals surface area contributed by atoms with Crippen molar-refractivity contribution in [2.75, 3.05) is 29.9 Å². The van der Waals surface area contributed by atoms with Crippen LogP contribution in [0, 0.1) is 12.3 Å². The Bertz CT molecular complexity index is 1050. The molecule has 0 aliphatic carbocycles. The van der Waals surface area contributed by atoms with Crippen molar-refractivity contribution in [2.24, 2.45) is 5.41 Å². The lowest BCUT2D eigenvalue weighted by Gasteiger charge is -2.41. The van der Waals surface area contributed by atoms with Crippen LogP contribution in [0.4, 0.5) is 5.69 Å². The number of aromatic nitrogens is 2. The summed E-state index contributed by atoms with van der Waals surface area (Å²) in [5.74, 6) is 0.302. The molecule has 8 heteroatoms. The van der Waals surface area contributed by atoms with E-state index in [1.807, 2.05) is 59.9 Å². The van der Waals surface area contributed by atoms with Gasteiger partial charge in [-0.15, -0.1) is 0 Å². The number of carbonyl (C=O) groups excluding carboxylic acids is 1. The van der Waals surface area contributed by atoms with Gasteiger partial charge in [-0.2, -0.15) is 0 Å². The maximum Gasteiger partial charge on any atom is 0.340 e. The molecule has 0 amide bonds. The second-order valence-electron chi connectivity index (χ2n) is 11.7. The maximum absolute atomic E-state index is 13.5. The van der Waals surface area contributed by atoms with Crippen LogP contribution in [-0.2, 0) is 14.3 Å². The molecule has 204 valence electrons. The van der Waals surface area contributed by atoms with E-state index in [1.54, 1.807) is 6.20 Å². The van der Waals surface area contributed by atoms with Crippen LogP contribution in [0.2, 0.25) is 0 Å². The molecule has 1 aliphatic heterocycles. The molecule has 7 nitrogen and oxygen atoms in total. The van der Waals surface area contributed by atoms with Crippen molar-refractivity contribution in [3.63, 3.8) is 0 Å². The highest BCUT2D eigenvalue weighted by Crippen LogP contribution is 2.43. The fourth-order valence-electron chi connectivity index (χ4n) is 4.44. The van der Waals surface area contributed by atoms with Gasteiger partial charge in [0.1, 0.15) is 5.75 Å². The number of rotatable bonds is 9. The molecule has 1 aliphatic rings. The summed E-state index contributed by atoms with van der Waals surface area (Å²) in [7, 11) is 0. The molecule has 1 atom stereocenters. The molecule has 3 heterocycles. The van der Waals surface area contributed by atoms with E-state index in [0.717, 1.165) is 59.5 Å². The maximum atomic E-state index is 13.5. The monoisotopic (exact) mass is 575 g/mol. The predicted octanol–water partition coefficient (Wildman–Crippen LogP) is 6.66. The van der Waals surface area contributed by atoms with Crippen LogP contribution in [-0.4, -0.2) is 52.7 Å². The van der Waals surface area contributed by atoms with Gasteiger partial charge in [0, 0.05) is 41.4 Å². The van der Waals surface area contributed by atoms with E-state index in [2.05, 4.69) is 34.7 Å². The minimum Gasteiger partial charge on any atom is -0.491 e. The first-order chi connectivity index (χ1) is 17.3. The predicted molar refractivity (Wildman–Crippen MR) is 152 cm³/mol. The third-order valence-corrected chi connectivity index (χ3v) is 6.70. The summed E-state index contributed by atoms with van der Waals surface area (Å²) >= 11 is 3.39. The Morgan fingerprint density at radius 3 is 2.35 bits per heavy atom. The fraction of sp³-hybridized carbons (Fsp3) is 0.621. The molecular weight excluding hydrogens is 534 g/mol. The number of hydrogen-bond acceptors (Lipinski definition) is 7. The topological polar surface area (TPSA) is 73.8 Å². The zero-order valence-electron chi connectivity index (χ0n) is 23.6. The molecule has 0 radical (unpaired) electrons. The lowest BCUT2D eigenvalue weighted by molar-refractivity contribution is -0.171. The first-order valence-electron chi connectivity index (χ1n) is 13.1. The summed E-state index contributed by atoms with van der Waals surface area (Å²) in [6, 6.07) is 3.87. The van der Waals surface area contributed by atoms with Gasteiger partial charge in [-0.3, -0.25) is 9.97 Å². The van der Waals surface area contributed by atoms with E-state index < -0.39 is 17.7 Å². The van der Waals surface area contributed by atoms with Crippen LogP contribution >= 0.6 is 15.9 Å². The van der Waals surface area contributed by atoms with Gasteiger partial charge in [-0.05, 0) is 71.9 Å². The number of hydrogen-bond donors (Lipinski definition) is 0. The number of aryl methyl sites for hydroxylation is 1. The van der Waals surface area contributed by atoms with Crippen molar-refractivity contribution in [1.29, 1.82) is 0 Å². The first kappa shape index (κ1) is 29.4. The normalized spacial score (nSPS) is 16.5. The number of ether oxygens (including phenoxy) is 3. The van der Waals surface area contributed by atoms with Gasteiger partial charge in [0.25, 0.3) is 0 Å². The second kappa shape index (κ2) is 12.1. The highest BCUT2D eigenvalue weighted by Gasteiger charge is 2.37. The van der Waals surface area contributed by atoms with Crippen LogP contribution in [0.15, 0.2) is 24.5 Å².